The van der Waals surface area contributed by atoms with Crippen LogP contribution in [0.15, 0.2) is 0 Å². The van der Waals surface area contributed by atoms with Crippen molar-refractivity contribution in [2.45, 2.75) is 58.6 Å². The van der Waals surface area contributed by atoms with Crippen LogP contribution in [0.25, 0.3) is 0 Å². The summed E-state index contributed by atoms with van der Waals surface area (Å²) in [4.78, 5) is 10.8. The molecule has 18 heavy (non-hydrogen) atoms. The number of hydrogen-bond acceptors (Lipinski definition) is 3. The van der Waals surface area contributed by atoms with Gasteiger partial charge in [-0.3, -0.25) is 0 Å². The Kier molecular flexibility index (Phi) is 2.70. The Morgan fingerprint density at radius 2 is 2.11 bits per heavy atom. The molecule has 100 valence electrons. The highest BCUT2D eigenvalue weighted by Crippen LogP contribution is 2.65. The van der Waals surface area contributed by atoms with E-state index >= 15 is 0 Å². The van der Waals surface area contributed by atoms with Crippen molar-refractivity contribution in [2.75, 3.05) is 0 Å². The molecule has 4 fully saturated rings. The summed E-state index contributed by atoms with van der Waals surface area (Å²) in [5.41, 5.74) is 0.255. The molecule has 2 bridgehead atoms. The first-order valence-electron chi connectivity index (χ1n) is 7.16. The average molecular weight is 250 g/mol. The minimum atomic E-state index is -0.185. The molecular weight excluding hydrogens is 227 g/mol. The quantitative estimate of drug-likeness (QED) is 0.570. The third-order valence-corrected chi connectivity index (χ3v) is 5.80. The van der Waals surface area contributed by atoms with Gasteiger partial charge in [0.1, 0.15) is 6.29 Å². The summed E-state index contributed by atoms with van der Waals surface area (Å²) >= 11 is 0. The van der Waals surface area contributed by atoms with Crippen LogP contribution >= 0.6 is 0 Å². The third-order valence-electron chi connectivity index (χ3n) is 5.80. The maximum atomic E-state index is 10.8. The van der Waals surface area contributed by atoms with E-state index < -0.39 is 0 Å². The molecular formula is C14H23BO3. The van der Waals surface area contributed by atoms with Crippen LogP contribution in [0.2, 0.25) is 6.32 Å². The largest absolute Gasteiger partial charge is 0.458 e. The number of rotatable bonds is 3. The Labute approximate surface area is 110 Å². The maximum Gasteiger partial charge on any atom is 0.458 e. The molecule has 3 aliphatic carbocycles. The van der Waals surface area contributed by atoms with Crippen molar-refractivity contribution in [2.24, 2.45) is 23.2 Å². The predicted molar refractivity (Wildman–Crippen MR) is 70.1 cm³/mol. The Balaban J connectivity index is 1.74. The molecule has 5 atom stereocenters. The van der Waals surface area contributed by atoms with Crippen molar-refractivity contribution in [3.63, 3.8) is 0 Å². The molecule has 4 heteroatoms. The Bertz CT molecular complexity index is 370. The molecule has 1 heterocycles. The van der Waals surface area contributed by atoms with Crippen molar-refractivity contribution in [3.05, 3.63) is 0 Å². The lowest BCUT2D eigenvalue weighted by molar-refractivity contribution is -0.199. The summed E-state index contributed by atoms with van der Waals surface area (Å²) in [6, 6.07) is 0. The molecule has 0 amide bonds. The van der Waals surface area contributed by atoms with Crippen LogP contribution in [0, 0.1) is 23.2 Å². The molecule has 0 spiro atoms. The van der Waals surface area contributed by atoms with Crippen LogP contribution in [-0.2, 0) is 14.1 Å². The molecule has 0 radical (unpaired) electrons. The molecule has 1 saturated heterocycles. The molecule has 0 N–H and O–H groups in total. The highest BCUT2D eigenvalue weighted by molar-refractivity contribution is 6.45. The third kappa shape index (κ3) is 1.54. The lowest BCUT2D eigenvalue weighted by atomic mass is 9.43. The van der Waals surface area contributed by atoms with Crippen molar-refractivity contribution in [3.8, 4) is 0 Å². The smallest absolute Gasteiger partial charge is 0.405 e. The highest BCUT2D eigenvalue weighted by atomic mass is 16.7. The Hall–Kier alpha value is -0.345. The van der Waals surface area contributed by atoms with E-state index in [2.05, 4.69) is 20.8 Å². The van der Waals surface area contributed by atoms with Gasteiger partial charge in [-0.15, -0.1) is 0 Å². The Morgan fingerprint density at radius 3 is 2.72 bits per heavy atom. The minimum absolute atomic E-state index is 0.0155. The van der Waals surface area contributed by atoms with E-state index in [-0.39, 0.29) is 24.7 Å². The van der Waals surface area contributed by atoms with Gasteiger partial charge in [-0.1, -0.05) is 20.8 Å². The monoisotopic (exact) mass is 250 g/mol. The first-order chi connectivity index (χ1) is 8.38. The van der Waals surface area contributed by atoms with Gasteiger partial charge < -0.3 is 14.1 Å². The normalized spacial score (nSPS) is 46.2. The van der Waals surface area contributed by atoms with Crippen LogP contribution in [0.5, 0.6) is 0 Å². The minimum Gasteiger partial charge on any atom is -0.405 e. The lowest BCUT2D eigenvalue weighted by Gasteiger charge is -2.64. The maximum absolute atomic E-state index is 10.8. The molecule has 1 aliphatic heterocycles. The van der Waals surface area contributed by atoms with Gasteiger partial charge in [-0.2, -0.15) is 0 Å². The van der Waals surface area contributed by atoms with Crippen molar-refractivity contribution in [1.29, 1.82) is 0 Å². The van der Waals surface area contributed by atoms with Crippen molar-refractivity contribution in [1.82, 2.24) is 0 Å². The zero-order valence-electron chi connectivity index (χ0n) is 11.8. The van der Waals surface area contributed by atoms with E-state index in [9.17, 15) is 4.79 Å². The van der Waals surface area contributed by atoms with Gasteiger partial charge in [0.2, 0.25) is 0 Å². The number of aldehydes is 1. The number of hydrogen-bond donors (Lipinski definition) is 0. The first-order valence-corrected chi connectivity index (χ1v) is 7.16. The van der Waals surface area contributed by atoms with E-state index in [0.717, 1.165) is 18.6 Å². The lowest BCUT2D eigenvalue weighted by Crippen LogP contribution is -2.65. The summed E-state index contributed by atoms with van der Waals surface area (Å²) in [7, 11) is -0.185. The molecule has 0 unspecified atom stereocenters. The van der Waals surface area contributed by atoms with Crippen LogP contribution < -0.4 is 0 Å². The Morgan fingerprint density at radius 1 is 1.39 bits per heavy atom. The fourth-order valence-electron chi connectivity index (χ4n) is 4.41. The molecule has 4 rings (SSSR count). The summed E-state index contributed by atoms with van der Waals surface area (Å²) in [5.74, 6) is 1.40. The summed E-state index contributed by atoms with van der Waals surface area (Å²) in [6.45, 7) is 8.86. The van der Waals surface area contributed by atoms with Gasteiger partial charge in [0.15, 0.2) is 0 Å². The van der Waals surface area contributed by atoms with E-state index in [1.54, 1.807) is 0 Å². The van der Waals surface area contributed by atoms with Crippen LogP contribution in [0.3, 0.4) is 0 Å². The summed E-state index contributed by atoms with van der Waals surface area (Å²) in [6.07, 6.45) is 4.30. The zero-order chi connectivity index (χ0) is 13.1. The zero-order valence-corrected chi connectivity index (χ0v) is 11.8. The molecule has 0 aromatic rings. The SMILES string of the molecule is C[C@H](C=O)CB1O[C@H]2C[C@H]3C[C@H](C3(C)C)[C@@]2(C)O1. The van der Waals surface area contributed by atoms with Gasteiger partial charge in [0.25, 0.3) is 0 Å². The van der Waals surface area contributed by atoms with E-state index in [1.165, 1.54) is 6.42 Å². The molecule has 3 saturated carbocycles. The van der Waals surface area contributed by atoms with Crippen molar-refractivity contribution < 1.29 is 14.1 Å². The first kappa shape index (κ1) is 12.7. The van der Waals surface area contributed by atoms with E-state index in [0.29, 0.717) is 17.7 Å². The highest BCUT2D eigenvalue weighted by Gasteiger charge is 2.67. The summed E-state index contributed by atoms with van der Waals surface area (Å²) < 4.78 is 12.3. The molecule has 3 nitrogen and oxygen atoms in total. The van der Waals surface area contributed by atoms with Gasteiger partial charge in [0, 0.05) is 5.92 Å². The van der Waals surface area contributed by atoms with Gasteiger partial charge in [0.05, 0.1) is 11.7 Å². The second-order valence-corrected chi connectivity index (χ2v) is 7.25. The van der Waals surface area contributed by atoms with E-state index in [4.69, 9.17) is 9.31 Å². The topological polar surface area (TPSA) is 35.5 Å². The molecule has 4 aliphatic rings. The predicted octanol–water partition coefficient (Wildman–Crippen LogP) is 2.55. The molecule has 0 aromatic heterocycles. The van der Waals surface area contributed by atoms with Crippen LogP contribution in [0.1, 0.15) is 40.5 Å². The second-order valence-electron chi connectivity index (χ2n) is 7.25. The number of carbonyl (C=O) groups excluding carboxylic acids is 1. The van der Waals surface area contributed by atoms with Gasteiger partial charge in [-0.05, 0) is 43.3 Å². The van der Waals surface area contributed by atoms with Gasteiger partial charge in [-0.25, -0.2) is 0 Å². The standard InChI is InChI=1S/C14H23BO3/c1-9(8-16)7-15-17-12-6-10-5-11(13(10,2)3)14(12,4)18-15/h8-12H,5-7H2,1-4H3/t9-,10+,11+,12-,14+/m0/s1. The van der Waals surface area contributed by atoms with E-state index in [1.807, 2.05) is 6.92 Å². The summed E-state index contributed by atoms with van der Waals surface area (Å²) in [5, 5.41) is 0. The van der Waals surface area contributed by atoms with Crippen molar-refractivity contribution >= 4 is 13.4 Å². The fraction of sp³-hybridized carbons (Fsp3) is 0.929. The molecule has 0 aromatic carbocycles. The van der Waals surface area contributed by atoms with Crippen LogP contribution in [-0.4, -0.2) is 25.1 Å². The second kappa shape index (κ2) is 3.83. The van der Waals surface area contributed by atoms with Crippen LogP contribution in [0.4, 0.5) is 0 Å². The van der Waals surface area contributed by atoms with Gasteiger partial charge >= 0.3 is 7.12 Å². The number of carbonyl (C=O) groups is 1. The fourth-order valence-corrected chi connectivity index (χ4v) is 4.41. The average Bonchev–Trinajstić information content (AvgIpc) is 2.63.